The van der Waals surface area contributed by atoms with Crippen LogP contribution in [0.15, 0.2) is 24.3 Å². The van der Waals surface area contributed by atoms with Crippen LogP contribution in [0.25, 0.3) is 0 Å². The molecule has 0 aliphatic heterocycles. The summed E-state index contributed by atoms with van der Waals surface area (Å²) in [6.45, 7) is 5.93. The van der Waals surface area contributed by atoms with Gasteiger partial charge in [0.25, 0.3) is 0 Å². The van der Waals surface area contributed by atoms with E-state index < -0.39 is 12.1 Å². The van der Waals surface area contributed by atoms with Crippen molar-refractivity contribution in [2.75, 3.05) is 6.54 Å². The molecule has 4 nitrogen and oxygen atoms in total. The van der Waals surface area contributed by atoms with Crippen LogP contribution in [0.4, 0.5) is 0 Å². The largest absolute Gasteiger partial charge is 0.387 e. The predicted octanol–water partition coefficient (Wildman–Crippen LogP) is 1.13. The Morgan fingerprint density at radius 1 is 1.44 bits per heavy atom. The van der Waals surface area contributed by atoms with Crippen molar-refractivity contribution in [3.63, 3.8) is 0 Å². The van der Waals surface area contributed by atoms with Gasteiger partial charge in [-0.2, -0.15) is 0 Å². The second-order valence-corrected chi connectivity index (χ2v) is 4.94. The van der Waals surface area contributed by atoms with Gasteiger partial charge in [0, 0.05) is 6.54 Å². The zero-order chi connectivity index (χ0) is 13.7. The van der Waals surface area contributed by atoms with Crippen LogP contribution in [-0.4, -0.2) is 23.6 Å². The van der Waals surface area contributed by atoms with Crippen LogP contribution in [0.5, 0.6) is 0 Å². The van der Waals surface area contributed by atoms with Gasteiger partial charge in [-0.15, -0.1) is 0 Å². The number of hydrogen-bond acceptors (Lipinski definition) is 3. The Morgan fingerprint density at radius 3 is 2.67 bits per heavy atom. The van der Waals surface area contributed by atoms with E-state index in [0.29, 0.717) is 0 Å². The first-order chi connectivity index (χ1) is 8.41. The highest BCUT2D eigenvalue weighted by Crippen LogP contribution is 2.13. The first-order valence-corrected chi connectivity index (χ1v) is 6.19. The third kappa shape index (κ3) is 4.13. The molecule has 18 heavy (non-hydrogen) atoms. The minimum absolute atomic E-state index is 0.0844. The smallest absolute Gasteiger partial charge is 0.237 e. The molecule has 1 amide bonds. The van der Waals surface area contributed by atoms with Crippen molar-refractivity contribution in [3.05, 3.63) is 35.4 Å². The maximum absolute atomic E-state index is 11.6. The third-order valence-electron chi connectivity index (χ3n) is 2.92. The lowest BCUT2D eigenvalue weighted by Gasteiger charge is -2.17. The number of carbonyl (C=O) groups is 1. The van der Waals surface area contributed by atoms with Crippen molar-refractivity contribution in [2.45, 2.75) is 32.9 Å². The van der Waals surface area contributed by atoms with E-state index in [-0.39, 0.29) is 18.4 Å². The number of aryl methyl sites for hydroxylation is 1. The molecule has 0 radical (unpaired) electrons. The number of carbonyl (C=O) groups excluding carboxylic acids is 1. The highest BCUT2D eigenvalue weighted by molar-refractivity contribution is 5.81. The topological polar surface area (TPSA) is 75.3 Å². The molecule has 1 aromatic rings. The Kier molecular flexibility index (Phi) is 5.31. The fraction of sp³-hybridized carbons (Fsp3) is 0.500. The average Bonchev–Trinajstić information content (AvgIpc) is 2.34. The highest BCUT2D eigenvalue weighted by atomic mass is 16.3. The van der Waals surface area contributed by atoms with Gasteiger partial charge in [-0.25, -0.2) is 0 Å². The van der Waals surface area contributed by atoms with Gasteiger partial charge in [0.1, 0.15) is 0 Å². The Bertz CT molecular complexity index is 405. The van der Waals surface area contributed by atoms with Crippen molar-refractivity contribution in [3.8, 4) is 0 Å². The summed E-state index contributed by atoms with van der Waals surface area (Å²) in [5, 5.41) is 12.6. The second kappa shape index (κ2) is 6.52. The van der Waals surface area contributed by atoms with E-state index in [9.17, 15) is 9.90 Å². The van der Waals surface area contributed by atoms with E-state index in [2.05, 4.69) is 5.32 Å². The van der Waals surface area contributed by atoms with E-state index in [4.69, 9.17) is 5.73 Å². The van der Waals surface area contributed by atoms with Crippen molar-refractivity contribution < 1.29 is 9.90 Å². The SMILES string of the molecule is Cc1cccc(C(O)CNC(=O)[C@@H](N)C(C)C)c1. The van der Waals surface area contributed by atoms with Crippen molar-refractivity contribution in [1.82, 2.24) is 5.32 Å². The van der Waals surface area contributed by atoms with Gasteiger partial charge in [-0.1, -0.05) is 43.7 Å². The first-order valence-electron chi connectivity index (χ1n) is 6.19. The van der Waals surface area contributed by atoms with Crippen molar-refractivity contribution >= 4 is 5.91 Å². The predicted molar refractivity (Wildman–Crippen MR) is 72.0 cm³/mol. The molecule has 2 atom stereocenters. The molecule has 0 heterocycles. The van der Waals surface area contributed by atoms with Gasteiger partial charge < -0.3 is 16.2 Å². The molecule has 0 aliphatic carbocycles. The van der Waals surface area contributed by atoms with Gasteiger partial charge >= 0.3 is 0 Å². The standard InChI is InChI=1S/C14H22N2O2/c1-9(2)13(15)14(18)16-8-12(17)11-6-4-5-10(3)7-11/h4-7,9,12-13,17H,8,15H2,1-3H3,(H,16,18)/t12?,13-/m0/s1. The van der Waals surface area contributed by atoms with Gasteiger partial charge in [-0.3, -0.25) is 4.79 Å². The van der Waals surface area contributed by atoms with Crippen LogP contribution < -0.4 is 11.1 Å². The molecule has 0 saturated heterocycles. The normalized spacial score (nSPS) is 14.3. The Balaban J connectivity index is 2.51. The number of rotatable bonds is 5. The van der Waals surface area contributed by atoms with Crippen LogP contribution >= 0.6 is 0 Å². The molecule has 0 aliphatic rings. The number of benzene rings is 1. The summed E-state index contributed by atoms with van der Waals surface area (Å²) >= 11 is 0. The van der Waals surface area contributed by atoms with E-state index in [0.717, 1.165) is 11.1 Å². The summed E-state index contributed by atoms with van der Waals surface area (Å²) in [6, 6.07) is 7.06. The van der Waals surface area contributed by atoms with Crippen molar-refractivity contribution in [2.24, 2.45) is 11.7 Å². The monoisotopic (exact) mass is 250 g/mol. The summed E-state index contributed by atoms with van der Waals surface area (Å²) in [7, 11) is 0. The van der Waals surface area contributed by atoms with E-state index >= 15 is 0 Å². The summed E-state index contributed by atoms with van der Waals surface area (Å²) in [6.07, 6.45) is -0.701. The molecule has 0 aromatic heterocycles. The lowest BCUT2D eigenvalue weighted by atomic mass is 10.0. The minimum atomic E-state index is -0.701. The lowest BCUT2D eigenvalue weighted by Crippen LogP contribution is -2.45. The number of hydrogen-bond donors (Lipinski definition) is 3. The summed E-state index contributed by atoms with van der Waals surface area (Å²) < 4.78 is 0. The molecule has 0 bridgehead atoms. The maximum Gasteiger partial charge on any atom is 0.237 e. The van der Waals surface area contributed by atoms with Crippen LogP contribution in [0.3, 0.4) is 0 Å². The zero-order valence-corrected chi connectivity index (χ0v) is 11.2. The van der Waals surface area contributed by atoms with Crippen LogP contribution in [-0.2, 0) is 4.79 Å². The molecule has 0 saturated carbocycles. The second-order valence-electron chi connectivity index (χ2n) is 4.94. The number of nitrogens with one attached hydrogen (secondary N) is 1. The van der Waals surface area contributed by atoms with Crippen molar-refractivity contribution in [1.29, 1.82) is 0 Å². The number of aliphatic hydroxyl groups is 1. The quantitative estimate of drug-likeness (QED) is 0.733. The maximum atomic E-state index is 11.6. The summed E-state index contributed by atoms with van der Waals surface area (Å²) in [5.41, 5.74) is 7.60. The van der Waals surface area contributed by atoms with Crippen LogP contribution in [0, 0.1) is 12.8 Å². The molecule has 1 rings (SSSR count). The molecule has 1 aromatic carbocycles. The summed E-state index contributed by atoms with van der Waals surface area (Å²) in [4.78, 5) is 11.6. The molecular formula is C14H22N2O2. The lowest BCUT2D eigenvalue weighted by molar-refractivity contribution is -0.123. The van der Waals surface area contributed by atoms with Gasteiger partial charge in [-0.05, 0) is 18.4 Å². The fourth-order valence-corrected chi connectivity index (χ4v) is 1.61. The van der Waals surface area contributed by atoms with E-state index in [1.807, 2.05) is 45.0 Å². The van der Waals surface area contributed by atoms with E-state index in [1.54, 1.807) is 0 Å². The zero-order valence-electron chi connectivity index (χ0n) is 11.2. The van der Waals surface area contributed by atoms with Gasteiger partial charge in [0.15, 0.2) is 0 Å². The molecule has 0 spiro atoms. The average molecular weight is 250 g/mol. The first kappa shape index (κ1) is 14.7. The van der Waals surface area contributed by atoms with Gasteiger partial charge in [0.05, 0.1) is 12.1 Å². The molecular weight excluding hydrogens is 228 g/mol. The molecule has 4 heteroatoms. The Morgan fingerprint density at radius 2 is 2.11 bits per heavy atom. The minimum Gasteiger partial charge on any atom is -0.387 e. The van der Waals surface area contributed by atoms with Crippen LogP contribution in [0.1, 0.15) is 31.1 Å². The number of amides is 1. The third-order valence-corrected chi connectivity index (χ3v) is 2.92. The Labute approximate surface area is 108 Å². The Hall–Kier alpha value is -1.39. The van der Waals surface area contributed by atoms with Gasteiger partial charge in [0.2, 0.25) is 5.91 Å². The highest BCUT2D eigenvalue weighted by Gasteiger charge is 2.18. The molecule has 4 N–H and O–H groups in total. The fourth-order valence-electron chi connectivity index (χ4n) is 1.61. The molecule has 0 fully saturated rings. The van der Waals surface area contributed by atoms with Crippen LogP contribution in [0.2, 0.25) is 0 Å². The summed E-state index contributed by atoms with van der Waals surface area (Å²) in [5.74, 6) is -0.141. The number of aliphatic hydroxyl groups excluding tert-OH is 1. The number of nitrogens with two attached hydrogens (primary N) is 1. The molecule has 100 valence electrons. The van der Waals surface area contributed by atoms with E-state index in [1.165, 1.54) is 0 Å². The molecule has 1 unspecified atom stereocenters.